The first-order valence-corrected chi connectivity index (χ1v) is 5.99. The zero-order valence-electron chi connectivity index (χ0n) is 9.90. The van der Waals surface area contributed by atoms with Gasteiger partial charge in [0.15, 0.2) is 0 Å². The van der Waals surface area contributed by atoms with Crippen molar-refractivity contribution in [2.24, 2.45) is 0 Å². The SMILES string of the molecule is CCc1cccc2cc3ccc(N)cc3cc12. The highest BCUT2D eigenvalue weighted by Crippen LogP contribution is 2.27. The van der Waals surface area contributed by atoms with E-state index in [4.69, 9.17) is 5.73 Å². The van der Waals surface area contributed by atoms with Crippen molar-refractivity contribution in [1.29, 1.82) is 0 Å². The molecule has 0 atom stereocenters. The topological polar surface area (TPSA) is 26.0 Å². The van der Waals surface area contributed by atoms with Gasteiger partial charge < -0.3 is 5.73 Å². The maximum Gasteiger partial charge on any atom is 0.0320 e. The molecule has 0 fully saturated rings. The summed E-state index contributed by atoms with van der Waals surface area (Å²) in [4.78, 5) is 0. The molecule has 1 heteroatoms. The molecule has 1 nitrogen and oxygen atoms in total. The summed E-state index contributed by atoms with van der Waals surface area (Å²) >= 11 is 0. The van der Waals surface area contributed by atoms with E-state index in [0.717, 1.165) is 12.1 Å². The first-order chi connectivity index (χ1) is 8.28. The first kappa shape index (κ1) is 10.2. The van der Waals surface area contributed by atoms with Crippen molar-refractivity contribution < 1.29 is 0 Å². The van der Waals surface area contributed by atoms with Crippen LogP contribution in [0.5, 0.6) is 0 Å². The average Bonchev–Trinajstić information content (AvgIpc) is 2.35. The van der Waals surface area contributed by atoms with Gasteiger partial charge in [0.1, 0.15) is 0 Å². The van der Waals surface area contributed by atoms with E-state index in [2.05, 4.69) is 43.3 Å². The van der Waals surface area contributed by atoms with Crippen LogP contribution in [0.4, 0.5) is 5.69 Å². The van der Waals surface area contributed by atoms with Crippen molar-refractivity contribution in [3.63, 3.8) is 0 Å². The zero-order chi connectivity index (χ0) is 11.8. The molecule has 0 heterocycles. The van der Waals surface area contributed by atoms with Crippen LogP contribution in [0.3, 0.4) is 0 Å². The molecule has 0 aromatic heterocycles. The lowest BCUT2D eigenvalue weighted by Crippen LogP contribution is -1.86. The van der Waals surface area contributed by atoms with Gasteiger partial charge in [-0.15, -0.1) is 0 Å². The summed E-state index contributed by atoms with van der Waals surface area (Å²) in [7, 11) is 0. The van der Waals surface area contributed by atoms with Crippen LogP contribution >= 0.6 is 0 Å². The van der Waals surface area contributed by atoms with E-state index >= 15 is 0 Å². The molecule has 0 spiro atoms. The van der Waals surface area contributed by atoms with Crippen molar-refractivity contribution in [2.75, 3.05) is 5.73 Å². The lowest BCUT2D eigenvalue weighted by molar-refractivity contribution is 1.16. The number of hydrogen-bond acceptors (Lipinski definition) is 1. The molecule has 3 aromatic carbocycles. The van der Waals surface area contributed by atoms with Crippen molar-refractivity contribution in [3.8, 4) is 0 Å². The Balaban J connectivity index is 2.44. The average molecular weight is 221 g/mol. The number of benzene rings is 3. The highest BCUT2D eigenvalue weighted by Gasteiger charge is 2.02. The molecule has 3 aromatic rings. The van der Waals surface area contributed by atoms with Crippen LogP contribution in [0.15, 0.2) is 48.5 Å². The Morgan fingerprint density at radius 3 is 2.59 bits per heavy atom. The lowest BCUT2D eigenvalue weighted by atomic mass is 9.98. The summed E-state index contributed by atoms with van der Waals surface area (Å²) in [5.74, 6) is 0. The fraction of sp³-hybridized carbons (Fsp3) is 0.125. The summed E-state index contributed by atoms with van der Waals surface area (Å²) in [5.41, 5.74) is 8.06. The Morgan fingerprint density at radius 1 is 0.882 bits per heavy atom. The quantitative estimate of drug-likeness (QED) is 0.485. The predicted molar refractivity (Wildman–Crippen MR) is 75.2 cm³/mol. The fourth-order valence-electron chi connectivity index (χ4n) is 2.42. The number of hydrogen-bond donors (Lipinski definition) is 1. The van der Waals surface area contributed by atoms with Gasteiger partial charge in [-0.3, -0.25) is 0 Å². The van der Waals surface area contributed by atoms with E-state index in [-0.39, 0.29) is 0 Å². The Labute approximate surface area is 101 Å². The third-order valence-corrected chi connectivity index (χ3v) is 3.33. The second-order valence-corrected chi connectivity index (χ2v) is 4.45. The van der Waals surface area contributed by atoms with E-state index in [1.165, 1.54) is 27.1 Å². The highest BCUT2D eigenvalue weighted by molar-refractivity contribution is 6.00. The summed E-state index contributed by atoms with van der Waals surface area (Å²) < 4.78 is 0. The molecule has 2 N–H and O–H groups in total. The fourth-order valence-corrected chi connectivity index (χ4v) is 2.42. The molecule has 0 aliphatic carbocycles. The normalized spacial score (nSPS) is 11.1. The first-order valence-electron chi connectivity index (χ1n) is 5.99. The predicted octanol–water partition coefficient (Wildman–Crippen LogP) is 4.14. The molecule has 84 valence electrons. The number of nitrogens with two attached hydrogens (primary N) is 1. The van der Waals surface area contributed by atoms with Crippen molar-refractivity contribution in [1.82, 2.24) is 0 Å². The smallest absolute Gasteiger partial charge is 0.0320 e. The Bertz CT molecular complexity index is 698. The molecular weight excluding hydrogens is 206 g/mol. The Hall–Kier alpha value is -2.02. The molecule has 17 heavy (non-hydrogen) atoms. The van der Waals surface area contributed by atoms with Gasteiger partial charge in [0.25, 0.3) is 0 Å². The van der Waals surface area contributed by atoms with E-state index in [1.807, 2.05) is 12.1 Å². The third-order valence-electron chi connectivity index (χ3n) is 3.33. The van der Waals surface area contributed by atoms with E-state index < -0.39 is 0 Å². The largest absolute Gasteiger partial charge is 0.399 e. The number of nitrogen functional groups attached to an aromatic ring is 1. The van der Waals surface area contributed by atoms with Gasteiger partial charge in [0, 0.05) is 5.69 Å². The zero-order valence-corrected chi connectivity index (χ0v) is 9.90. The third kappa shape index (κ3) is 1.64. The lowest BCUT2D eigenvalue weighted by Gasteiger charge is -2.07. The second-order valence-electron chi connectivity index (χ2n) is 4.45. The van der Waals surface area contributed by atoms with Crippen molar-refractivity contribution in [2.45, 2.75) is 13.3 Å². The summed E-state index contributed by atoms with van der Waals surface area (Å²) in [5, 5.41) is 5.12. The molecule has 3 rings (SSSR count). The highest BCUT2D eigenvalue weighted by atomic mass is 14.5. The van der Waals surface area contributed by atoms with E-state index in [9.17, 15) is 0 Å². The standard InChI is InChI=1S/C16H15N/c1-2-11-4-3-5-13-8-12-6-7-15(17)9-14(12)10-16(11)13/h3-10H,2,17H2,1H3. The van der Waals surface area contributed by atoms with Crippen LogP contribution in [0, 0.1) is 0 Å². The van der Waals surface area contributed by atoms with E-state index in [1.54, 1.807) is 0 Å². The summed E-state index contributed by atoms with van der Waals surface area (Å²) in [6.45, 7) is 2.19. The van der Waals surface area contributed by atoms with Crippen molar-refractivity contribution in [3.05, 3.63) is 54.1 Å². The molecule has 0 bridgehead atoms. The number of fused-ring (bicyclic) bond motifs is 2. The Morgan fingerprint density at radius 2 is 1.76 bits per heavy atom. The van der Waals surface area contributed by atoms with Crippen LogP contribution in [0.25, 0.3) is 21.5 Å². The minimum atomic E-state index is 0.825. The minimum Gasteiger partial charge on any atom is -0.399 e. The molecule has 0 aliphatic heterocycles. The van der Waals surface area contributed by atoms with Gasteiger partial charge in [-0.05, 0) is 57.8 Å². The summed E-state index contributed by atoms with van der Waals surface area (Å²) in [6.07, 6.45) is 1.06. The Kier molecular flexibility index (Phi) is 2.25. The molecule has 0 saturated heterocycles. The molecule has 0 unspecified atom stereocenters. The summed E-state index contributed by atoms with van der Waals surface area (Å²) in [6, 6.07) is 17.1. The molecular formula is C16H15N. The molecule has 0 amide bonds. The van der Waals surface area contributed by atoms with E-state index in [0.29, 0.717) is 0 Å². The maximum atomic E-state index is 5.84. The molecule has 0 radical (unpaired) electrons. The minimum absolute atomic E-state index is 0.825. The van der Waals surface area contributed by atoms with Gasteiger partial charge in [-0.1, -0.05) is 31.2 Å². The van der Waals surface area contributed by atoms with Gasteiger partial charge >= 0.3 is 0 Å². The monoisotopic (exact) mass is 221 g/mol. The second kappa shape index (κ2) is 3.77. The number of anilines is 1. The number of rotatable bonds is 1. The molecule has 0 saturated carbocycles. The van der Waals surface area contributed by atoms with Gasteiger partial charge in [0.05, 0.1) is 0 Å². The van der Waals surface area contributed by atoms with Crippen molar-refractivity contribution >= 4 is 27.2 Å². The van der Waals surface area contributed by atoms with Gasteiger partial charge in [0.2, 0.25) is 0 Å². The van der Waals surface area contributed by atoms with Crippen LogP contribution < -0.4 is 5.73 Å². The van der Waals surface area contributed by atoms with Crippen LogP contribution in [0.1, 0.15) is 12.5 Å². The van der Waals surface area contributed by atoms with Gasteiger partial charge in [-0.2, -0.15) is 0 Å². The van der Waals surface area contributed by atoms with Gasteiger partial charge in [-0.25, -0.2) is 0 Å². The maximum absolute atomic E-state index is 5.84. The number of aryl methyl sites for hydroxylation is 1. The van der Waals surface area contributed by atoms with Crippen LogP contribution in [-0.2, 0) is 6.42 Å². The van der Waals surface area contributed by atoms with Crippen LogP contribution in [0.2, 0.25) is 0 Å². The van der Waals surface area contributed by atoms with Crippen LogP contribution in [-0.4, -0.2) is 0 Å². The molecule has 0 aliphatic rings.